The van der Waals surface area contributed by atoms with Crippen LogP contribution in [0.3, 0.4) is 0 Å². The van der Waals surface area contributed by atoms with Crippen LogP contribution < -0.4 is 0 Å². The molecule has 0 aromatic carbocycles. The molecule has 5 heteroatoms. The smallest absolute Gasteiger partial charge is 0.410 e. The SMILES string of the molecule is Cc1nc2c(s1)C(N(C)C(=O)OC1CC1)CCC2. The molecule has 0 radical (unpaired) electrons. The van der Waals surface area contributed by atoms with E-state index in [2.05, 4.69) is 4.98 Å². The number of aromatic nitrogens is 1. The monoisotopic (exact) mass is 266 g/mol. The molecule has 0 N–H and O–H groups in total. The molecule has 3 rings (SSSR count). The summed E-state index contributed by atoms with van der Waals surface area (Å²) in [7, 11) is 1.85. The standard InChI is InChI=1S/C13H18N2O2S/c1-8-14-10-4-3-5-11(12(10)18-8)15(2)13(16)17-9-6-7-9/h9,11H,3-7H2,1-2H3. The Balaban J connectivity index is 1.77. The van der Waals surface area contributed by atoms with E-state index in [0.717, 1.165) is 37.1 Å². The van der Waals surface area contributed by atoms with Gasteiger partial charge in [-0.3, -0.25) is 0 Å². The molecule has 0 aliphatic heterocycles. The minimum Gasteiger partial charge on any atom is -0.446 e. The summed E-state index contributed by atoms with van der Waals surface area (Å²) in [6.07, 6.45) is 5.20. The Labute approximate surface area is 111 Å². The van der Waals surface area contributed by atoms with Crippen molar-refractivity contribution in [3.8, 4) is 0 Å². The highest BCUT2D eigenvalue weighted by Crippen LogP contribution is 2.38. The molecule has 2 aliphatic carbocycles. The highest BCUT2D eigenvalue weighted by molar-refractivity contribution is 7.11. The van der Waals surface area contributed by atoms with Gasteiger partial charge in [-0.25, -0.2) is 9.78 Å². The van der Waals surface area contributed by atoms with Gasteiger partial charge in [-0.05, 0) is 39.0 Å². The summed E-state index contributed by atoms with van der Waals surface area (Å²) in [5.41, 5.74) is 1.18. The highest BCUT2D eigenvalue weighted by Gasteiger charge is 2.33. The third kappa shape index (κ3) is 2.23. The fourth-order valence-electron chi connectivity index (χ4n) is 2.43. The van der Waals surface area contributed by atoms with E-state index in [9.17, 15) is 4.79 Å². The van der Waals surface area contributed by atoms with Crippen LogP contribution in [-0.2, 0) is 11.2 Å². The number of carbonyl (C=O) groups excluding carboxylic acids is 1. The van der Waals surface area contributed by atoms with E-state index in [0.29, 0.717) is 0 Å². The zero-order valence-electron chi connectivity index (χ0n) is 10.8. The van der Waals surface area contributed by atoms with Crippen LogP contribution >= 0.6 is 11.3 Å². The number of thiazole rings is 1. The van der Waals surface area contributed by atoms with Gasteiger partial charge in [0, 0.05) is 7.05 Å². The molecule has 1 amide bonds. The Bertz CT molecular complexity index is 468. The van der Waals surface area contributed by atoms with Crippen molar-refractivity contribution in [3.05, 3.63) is 15.6 Å². The molecule has 4 nitrogen and oxygen atoms in total. The van der Waals surface area contributed by atoms with Gasteiger partial charge in [0.1, 0.15) is 6.10 Å². The molecule has 98 valence electrons. The lowest BCUT2D eigenvalue weighted by Gasteiger charge is -2.29. The van der Waals surface area contributed by atoms with Gasteiger partial charge >= 0.3 is 6.09 Å². The van der Waals surface area contributed by atoms with Crippen LogP contribution in [0.25, 0.3) is 0 Å². The van der Waals surface area contributed by atoms with E-state index in [-0.39, 0.29) is 18.2 Å². The average molecular weight is 266 g/mol. The Morgan fingerprint density at radius 3 is 2.94 bits per heavy atom. The first-order valence-corrected chi connectivity index (χ1v) is 7.36. The van der Waals surface area contributed by atoms with Crippen LogP contribution in [0.4, 0.5) is 4.79 Å². The minimum absolute atomic E-state index is 0.159. The summed E-state index contributed by atoms with van der Waals surface area (Å²) in [6.45, 7) is 2.03. The molecule has 1 unspecified atom stereocenters. The maximum atomic E-state index is 12.0. The molecule has 1 saturated carbocycles. The lowest BCUT2D eigenvalue weighted by Crippen LogP contribution is -2.33. The summed E-state index contributed by atoms with van der Waals surface area (Å²) in [6, 6.07) is 0.159. The first-order chi connectivity index (χ1) is 8.65. The Morgan fingerprint density at radius 1 is 1.44 bits per heavy atom. The number of hydrogen-bond acceptors (Lipinski definition) is 4. The quantitative estimate of drug-likeness (QED) is 0.826. The maximum absolute atomic E-state index is 12.0. The zero-order valence-corrected chi connectivity index (χ0v) is 11.6. The maximum Gasteiger partial charge on any atom is 0.410 e. The van der Waals surface area contributed by atoms with Gasteiger partial charge in [-0.15, -0.1) is 11.3 Å². The van der Waals surface area contributed by atoms with E-state index in [1.165, 1.54) is 10.6 Å². The fraction of sp³-hybridized carbons (Fsp3) is 0.692. The van der Waals surface area contributed by atoms with E-state index in [1.807, 2.05) is 14.0 Å². The van der Waals surface area contributed by atoms with Crippen molar-refractivity contribution in [3.63, 3.8) is 0 Å². The summed E-state index contributed by atoms with van der Waals surface area (Å²) < 4.78 is 5.37. The molecule has 1 aromatic heterocycles. The third-order valence-corrected chi connectivity index (χ3v) is 4.69. The number of nitrogens with zero attached hydrogens (tertiary/aromatic N) is 2. The lowest BCUT2D eigenvalue weighted by atomic mass is 9.97. The Hall–Kier alpha value is -1.10. The number of carbonyl (C=O) groups is 1. The van der Waals surface area contributed by atoms with Crippen molar-refractivity contribution in [2.75, 3.05) is 7.05 Å². The minimum atomic E-state index is -0.179. The van der Waals surface area contributed by atoms with E-state index in [1.54, 1.807) is 16.2 Å². The van der Waals surface area contributed by atoms with Crippen molar-refractivity contribution in [1.82, 2.24) is 9.88 Å². The van der Waals surface area contributed by atoms with E-state index >= 15 is 0 Å². The number of ether oxygens (including phenoxy) is 1. The molecule has 1 fully saturated rings. The topological polar surface area (TPSA) is 42.4 Å². The summed E-state index contributed by atoms with van der Waals surface area (Å²) in [5, 5.41) is 1.09. The molecule has 2 aliphatic rings. The molecule has 0 saturated heterocycles. The molecule has 18 heavy (non-hydrogen) atoms. The number of amides is 1. The second-order valence-corrected chi connectivity index (χ2v) is 6.38. The second-order valence-electron chi connectivity index (χ2n) is 5.15. The molecular weight excluding hydrogens is 248 g/mol. The van der Waals surface area contributed by atoms with Crippen molar-refractivity contribution >= 4 is 17.4 Å². The lowest BCUT2D eigenvalue weighted by molar-refractivity contribution is 0.0879. The van der Waals surface area contributed by atoms with Gasteiger partial charge in [-0.2, -0.15) is 0 Å². The third-order valence-electron chi connectivity index (χ3n) is 3.58. The molecular formula is C13H18N2O2S. The van der Waals surface area contributed by atoms with Gasteiger partial charge in [0.2, 0.25) is 0 Å². The summed E-state index contributed by atoms with van der Waals surface area (Å²) in [4.78, 5) is 19.6. The van der Waals surface area contributed by atoms with Gasteiger partial charge < -0.3 is 9.64 Å². The molecule has 0 spiro atoms. The number of fused-ring (bicyclic) bond motifs is 1. The summed E-state index contributed by atoms with van der Waals surface area (Å²) >= 11 is 1.72. The normalized spacial score (nSPS) is 22.4. The molecule has 1 atom stereocenters. The number of aryl methyl sites for hydroxylation is 2. The van der Waals surface area contributed by atoms with Crippen molar-refractivity contribution in [2.45, 2.75) is 51.2 Å². The van der Waals surface area contributed by atoms with Crippen LogP contribution in [0.15, 0.2) is 0 Å². The van der Waals surface area contributed by atoms with Crippen molar-refractivity contribution in [1.29, 1.82) is 0 Å². The van der Waals surface area contributed by atoms with Crippen LogP contribution in [0.2, 0.25) is 0 Å². The van der Waals surface area contributed by atoms with Gasteiger partial charge in [0.15, 0.2) is 0 Å². The van der Waals surface area contributed by atoms with Crippen molar-refractivity contribution < 1.29 is 9.53 Å². The number of rotatable bonds is 2. The van der Waals surface area contributed by atoms with Gasteiger partial charge in [-0.1, -0.05) is 0 Å². The van der Waals surface area contributed by atoms with Crippen LogP contribution in [-0.4, -0.2) is 29.1 Å². The van der Waals surface area contributed by atoms with Crippen molar-refractivity contribution in [2.24, 2.45) is 0 Å². The second kappa shape index (κ2) is 4.53. The molecule has 1 heterocycles. The Kier molecular flexibility index (Phi) is 3.01. The Morgan fingerprint density at radius 2 is 2.22 bits per heavy atom. The average Bonchev–Trinajstić information content (AvgIpc) is 3.06. The van der Waals surface area contributed by atoms with Crippen LogP contribution in [0.5, 0.6) is 0 Å². The predicted molar refractivity (Wildman–Crippen MR) is 69.8 cm³/mol. The van der Waals surface area contributed by atoms with Gasteiger partial charge in [0.05, 0.1) is 21.6 Å². The first kappa shape index (κ1) is 12.0. The van der Waals surface area contributed by atoms with E-state index in [4.69, 9.17) is 4.74 Å². The van der Waals surface area contributed by atoms with Crippen LogP contribution in [0.1, 0.15) is 47.3 Å². The highest BCUT2D eigenvalue weighted by atomic mass is 32.1. The summed E-state index contributed by atoms with van der Waals surface area (Å²) in [5.74, 6) is 0. The van der Waals surface area contributed by atoms with E-state index < -0.39 is 0 Å². The zero-order chi connectivity index (χ0) is 12.7. The molecule has 0 bridgehead atoms. The van der Waals surface area contributed by atoms with Crippen LogP contribution in [0, 0.1) is 6.92 Å². The predicted octanol–water partition coefficient (Wildman–Crippen LogP) is 3.06. The largest absolute Gasteiger partial charge is 0.446 e. The first-order valence-electron chi connectivity index (χ1n) is 6.55. The van der Waals surface area contributed by atoms with Gasteiger partial charge in [0.25, 0.3) is 0 Å². The fourth-order valence-corrected chi connectivity index (χ4v) is 3.58. The molecule has 1 aromatic rings. The number of hydrogen-bond donors (Lipinski definition) is 0.